The van der Waals surface area contributed by atoms with Gasteiger partial charge in [-0.15, -0.1) is 5.10 Å². The molecule has 2 aromatic rings. The minimum absolute atomic E-state index is 0.345. The summed E-state index contributed by atoms with van der Waals surface area (Å²) in [4.78, 5) is 12.1. The van der Waals surface area contributed by atoms with Crippen LogP contribution >= 0.6 is 11.5 Å². The van der Waals surface area contributed by atoms with Crippen molar-refractivity contribution in [3.05, 3.63) is 46.5 Å². The van der Waals surface area contributed by atoms with E-state index >= 15 is 0 Å². The van der Waals surface area contributed by atoms with Crippen molar-refractivity contribution in [1.82, 2.24) is 14.9 Å². The molecule has 1 atom stereocenters. The van der Waals surface area contributed by atoms with Gasteiger partial charge in [0.1, 0.15) is 4.88 Å². The molecule has 0 aliphatic rings. The van der Waals surface area contributed by atoms with Crippen LogP contribution in [0.25, 0.3) is 0 Å². The monoisotopic (exact) mass is 269 g/mol. The third-order valence-electron chi connectivity index (χ3n) is 2.38. The molecule has 1 heterocycles. The Morgan fingerprint density at radius 1 is 1.39 bits per heavy atom. The highest BCUT2D eigenvalue weighted by molar-refractivity contribution is 7.07. The number of hydrogen-bond acceptors (Lipinski definition) is 4. The molecule has 0 aliphatic heterocycles. The first-order valence-electron chi connectivity index (χ1n) is 5.11. The lowest BCUT2D eigenvalue weighted by Crippen LogP contribution is -2.26. The van der Waals surface area contributed by atoms with Gasteiger partial charge in [0.2, 0.25) is 0 Å². The molecule has 0 saturated heterocycles. The van der Waals surface area contributed by atoms with E-state index < -0.39 is 17.7 Å². The molecule has 94 valence electrons. The summed E-state index contributed by atoms with van der Waals surface area (Å²) < 4.78 is 29.4. The highest BCUT2D eigenvalue weighted by Gasteiger charge is 2.14. The van der Waals surface area contributed by atoms with Crippen molar-refractivity contribution >= 4 is 17.4 Å². The van der Waals surface area contributed by atoms with Gasteiger partial charge in [-0.25, -0.2) is 8.78 Å². The number of hydrogen-bond donors (Lipinski definition) is 1. The van der Waals surface area contributed by atoms with E-state index in [4.69, 9.17) is 0 Å². The van der Waals surface area contributed by atoms with E-state index in [9.17, 15) is 13.6 Å². The second kappa shape index (κ2) is 5.18. The lowest BCUT2D eigenvalue weighted by Gasteiger charge is -2.13. The molecule has 4 nitrogen and oxygen atoms in total. The van der Waals surface area contributed by atoms with E-state index in [0.717, 1.165) is 23.7 Å². The fourth-order valence-electron chi connectivity index (χ4n) is 1.40. The summed E-state index contributed by atoms with van der Waals surface area (Å²) in [6.45, 7) is 1.68. The molecular formula is C11H9F2N3OS. The maximum absolute atomic E-state index is 13.0. The fourth-order valence-corrected chi connectivity index (χ4v) is 1.82. The molecule has 18 heavy (non-hydrogen) atoms. The van der Waals surface area contributed by atoms with Gasteiger partial charge in [-0.2, -0.15) is 0 Å². The molecule has 0 unspecified atom stereocenters. The summed E-state index contributed by atoms with van der Waals surface area (Å²) in [5.41, 5.74) is 0.486. The van der Waals surface area contributed by atoms with E-state index in [1.54, 1.807) is 6.92 Å². The number of benzene rings is 1. The van der Waals surface area contributed by atoms with Crippen molar-refractivity contribution in [3.8, 4) is 0 Å². The highest BCUT2D eigenvalue weighted by atomic mass is 32.1. The van der Waals surface area contributed by atoms with Crippen molar-refractivity contribution in [2.75, 3.05) is 0 Å². The fraction of sp³-hybridized carbons (Fsp3) is 0.182. The van der Waals surface area contributed by atoms with E-state index in [-0.39, 0.29) is 5.91 Å². The molecule has 2 rings (SSSR count). The number of aromatic nitrogens is 2. The normalized spacial score (nSPS) is 12.2. The van der Waals surface area contributed by atoms with Crippen molar-refractivity contribution in [2.45, 2.75) is 13.0 Å². The van der Waals surface area contributed by atoms with Crippen LogP contribution in [0.5, 0.6) is 0 Å². The lowest BCUT2D eigenvalue weighted by atomic mass is 10.1. The first-order chi connectivity index (χ1) is 8.58. The van der Waals surface area contributed by atoms with E-state index in [0.29, 0.717) is 10.4 Å². The minimum Gasteiger partial charge on any atom is -0.345 e. The summed E-state index contributed by atoms with van der Waals surface area (Å²) in [5.74, 6) is -2.20. The van der Waals surface area contributed by atoms with Crippen molar-refractivity contribution < 1.29 is 13.6 Å². The molecule has 7 heteroatoms. The minimum atomic E-state index is -0.937. The first kappa shape index (κ1) is 12.6. The summed E-state index contributed by atoms with van der Waals surface area (Å²) >= 11 is 0.967. The second-order valence-corrected chi connectivity index (χ2v) is 4.44. The summed E-state index contributed by atoms with van der Waals surface area (Å²) in [5, 5.41) is 6.19. The molecule has 1 N–H and O–H groups in total. The Balaban J connectivity index is 2.10. The number of halogens is 2. The van der Waals surface area contributed by atoms with Crippen molar-refractivity contribution in [2.24, 2.45) is 0 Å². The van der Waals surface area contributed by atoms with Crippen LogP contribution in [0.3, 0.4) is 0 Å². The molecule has 0 radical (unpaired) electrons. The summed E-state index contributed by atoms with van der Waals surface area (Å²) in [6, 6.07) is 3.08. The Morgan fingerprint density at radius 2 is 2.17 bits per heavy atom. The molecule has 1 aromatic heterocycles. The van der Waals surface area contributed by atoms with Crippen LogP contribution in [0.2, 0.25) is 0 Å². The average Bonchev–Trinajstić information content (AvgIpc) is 2.86. The molecule has 0 spiro atoms. The molecule has 1 aromatic carbocycles. The zero-order chi connectivity index (χ0) is 13.1. The van der Waals surface area contributed by atoms with Gasteiger partial charge in [0.25, 0.3) is 5.91 Å². The Hall–Kier alpha value is -1.89. The lowest BCUT2D eigenvalue weighted by molar-refractivity contribution is 0.0943. The Morgan fingerprint density at radius 3 is 2.78 bits per heavy atom. The predicted octanol–water partition coefficient (Wildman–Crippen LogP) is 2.31. The first-order valence-corrected chi connectivity index (χ1v) is 5.88. The van der Waals surface area contributed by atoms with E-state index in [1.165, 1.54) is 12.3 Å². The van der Waals surface area contributed by atoms with Gasteiger partial charge in [0.15, 0.2) is 11.6 Å². The number of rotatable bonds is 3. The maximum Gasteiger partial charge on any atom is 0.265 e. The second-order valence-electron chi connectivity index (χ2n) is 3.65. The van der Waals surface area contributed by atoms with Crippen LogP contribution in [0.15, 0.2) is 24.4 Å². The molecule has 0 aliphatic carbocycles. The molecule has 1 amide bonds. The van der Waals surface area contributed by atoms with Gasteiger partial charge < -0.3 is 5.32 Å². The predicted molar refractivity (Wildman–Crippen MR) is 62.1 cm³/mol. The summed E-state index contributed by atoms with van der Waals surface area (Å²) in [7, 11) is 0. The smallest absolute Gasteiger partial charge is 0.265 e. The average molecular weight is 269 g/mol. The Kier molecular flexibility index (Phi) is 3.61. The van der Waals surface area contributed by atoms with Crippen molar-refractivity contribution in [3.63, 3.8) is 0 Å². The zero-order valence-corrected chi connectivity index (χ0v) is 10.2. The van der Waals surface area contributed by atoms with Crippen LogP contribution in [0.1, 0.15) is 28.2 Å². The van der Waals surface area contributed by atoms with Gasteiger partial charge in [-0.1, -0.05) is 10.6 Å². The number of nitrogens with one attached hydrogen (secondary N) is 1. The van der Waals surface area contributed by atoms with Crippen LogP contribution in [0.4, 0.5) is 8.78 Å². The highest BCUT2D eigenvalue weighted by Crippen LogP contribution is 2.16. The quantitative estimate of drug-likeness (QED) is 0.930. The van der Waals surface area contributed by atoms with Crippen LogP contribution in [-0.4, -0.2) is 15.5 Å². The molecular weight excluding hydrogens is 260 g/mol. The van der Waals surface area contributed by atoms with E-state index in [2.05, 4.69) is 14.9 Å². The molecule has 0 fully saturated rings. The Bertz CT molecular complexity index is 559. The molecule has 0 saturated carbocycles. The number of nitrogens with zero attached hydrogens (tertiary/aromatic N) is 2. The summed E-state index contributed by atoms with van der Waals surface area (Å²) in [6.07, 6.45) is 1.35. The van der Waals surface area contributed by atoms with Gasteiger partial charge in [-0.05, 0) is 36.2 Å². The molecule has 0 bridgehead atoms. The van der Waals surface area contributed by atoms with Gasteiger partial charge in [0, 0.05) is 0 Å². The van der Waals surface area contributed by atoms with Crippen molar-refractivity contribution in [1.29, 1.82) is 0 Å². The third kappa shape index (κ3) is 2.67. The Labute approximate surface area is 106 Å². The van der Waals surface area contributed by atoms with Crippen LogP contribution in [0, 0.1) is 11.6 Å². The van der Waals surface area contributed by atoms with Gasteiger partial charge >= 0.3 is 0 Å². The number of amides is 1. The van der Waals surface area contributed by atoms with Gasteiger partial charge in [0.05, 0.1) is 12.2 Å². The number of carbonyl (C=O) groups is 1. The van der Waals surface area contributed by atoms with E-state index in [1.807, 2.05) is 0 Å². The van der Waals surface area contributed by atoms with Crippen LogP contribution < -0.4 is 5.32 Å². The topological polar surface area (TPSA) is 54.9 Å². The van der Waals surface area contributed by atoms with Crippen LogP contribution in [-0.2, 0) is 0 Å². The SMILES string of the molecule is C[C@H](NC(=O)c1cnns1)c1ccc(F)c(F)c1. The maximum atomic E-state index is 13.0. The number of carbonyl (C=O) groups excluding carboxylic acids is 1. The third-order valence-corrected chi connectivity index (χ3v) is 3.04. The standard InChI is InChI=1S/C11H9F2N3OS/c1-6(7-2-3-8(12)9(13)4-7)15-11(17)10-5-14-16-18-10/h2-6H,1H3,(H,15,17)/t6-/m0/s1. The van der Waals surface area contributed by atoms with Gasteiger partial charge in [-0.3, -0.25) is 4.79 Å². The largest absolute Gasteiger partial charge is 0.345 e. The zero-order valence-electron chi connectivity index (χ0n) is 9.35.